The van der Waals surface area contributed by atoms with E-state index in [1.807, 2.05) is 0 Å². The van der Waals surface area contributed by atoms with E-state index >= 15 is 0 Å². The summed E-state index contributed by atoms with van der Waals surface area (Å²) in [6.07, 6.45) is 3.61. The van der Waals surface area contributed by atoms with Crippen LogP contribution in [0.25, 0.3) is 10.8 Å². The van der Waals surface area contributed by atoms with Crippen LogP contribution >= 0.6 is 0 Å². The second kappa shape index (κ2) is 10.7. The number of carbonyl (C=O) groups excluding carboxylic acids is 1. The van der Waals surface area contributed by atoms with E-state index in [1.165, 1.54) is 16.8 Å². The number of sulfonamides is 1. The topological polar surface area (TPSA) is 110 Å². The van der Waals surface area contributed by atoms with Crippen LogP contribution in [0.3, 0.4) is 0 Å². The van der Waals surface area contributed by atoms with Crippen molar-refractivity contribution in [3.8, 4) is 0 Å². The van der Waals surface area contributed by atoms with Gasteiger partial charge in [0, 0.05) is 11.9 Å². The van der Waals surface area contributed by atoms with Crippen LogP contribution < -0.4 is 15.8 Å². The highest BCUT2D eigenvalue weighted by Gasteiger charge is 2.20. The predicted octanol–water partition coefficient (Wildman–Crippen LogP) is 3.72. The summed E-state index contributed by atoms with van der Waals surface area (Å²) in [5, 5.41) is 4.97. The van der Waals surface area contributed by atoms with Gasteiger partial charge in [0.1, 0.15) is 0 Å². The van der Waals surface area contributed by atoms with Gasteiger partial charge in [-0.1, -0.05) is 63.9 Å². The first-order valence-electron chi connectivity index (χ1n) is 11.2. The quantitative estimate of drug-likeness (QED) is 0.347. The van der Waals surface area contributed by atoms with Crippen molar-refractivity contribution in [2.45, 2.75) is 63.8 Å². The van der Waals surface area contributed by atoms with Gasteiger partial charge in [0.25, 0.3) is 21.5 Å². The second-order valence-electron chi connectivity index (χ2n) is 8.07. The molecule has 176 valence electrons. The maximum absolute atomic E-state index is 12.9. The molecule has 0 radical (unpaired) electrons. The molecule has 0 spiro atoms. The van der Waals surface area contributed by atoms with Crippen molar-refractivity contribution >= 4 is 26.7 Å². The molecule has 1 heterocycles. The summed E-state index contributed by atoms with van der Waals surface area (Å²) >= 11 is 0. The number of rotatable bonds is 10. The van der Waals surface area contributed by atoms with Crippen molar-refractivity contribution in [1.29, 1.82) is 0 Å². The van der Waals surface area contributed by atoms with E-state index in [9.17, 15) is 18.0 Å². The van der Waals surface area contributed by atoms with E-state index in [0.29, 0.717) is 23.2 Å². The predicted molar refractivity (Wildman–Crippen MR) is 128 cm³/mol. The second-order valence-corrected chi connectivity index (χ2v) is 9.75. The fourth-order valence-electron chi connectivity index (χ4n) is 3.51. The number of hydrazine groups is 1. The van der Waals surface area contributed by atoms with E-state index in [2.05, 4.69) is 36.1 Å². The molecule has 2 N–H and O–H groups in total. The van der Waals surface area contributed by atoms with Crippen LogP contribution in [0.2, 0.25) is 0 Å². The zero-order chi connectivity index (χ0) is 24.0. The molecule has 1 atom stereocenters. The van der Waals surface area contributed by atoms with Crippen LogP contribution in [0, 0.1) is 0 Å². The number of carbonyl (C=O) groups is 1. The summed E-state index contributed by atoms with van der Waals surface area (Å²) in [7, 11) is -3.98. The number of amides is 1. The van der Waals surface area contributed by atoms with Gasteiger partial charge in [-0.3, -0.25) is 15.0 Å². The van der Waals surface area contributed by atoms with Gasteiger partial charge in [-0.25, -0.2) is 13.1 Å². The first-order valence-corrected chi connectivity index (χ1v) is 12.7. The monoisotopic (exact) mass is 470 g/mol. The lowest BCUT2D eigenvalue weighted by molar-refractivity contribution is 0.0939. The minimum Gasteiger partial charge on any atom is -0.272 e. The van der Waals surface area contributed by atoms with Gasteiger partial charge in [-0.15, -0.1) is 4.83 Å². The molecule has 2 aromatic carbocycles. The van der Waals surface area contributed by atoms with E-state index in [1.54, 1.807) is 36.4 Å². The average Bonchev–Trinajstić information content (AvgIpc) is 2.83. The third-order valence-corrected chi connectivity index (χ3v) is 6.99. The van der Waals surface area contributed by atoms with Gasteiger partial charge in [0.2, 0.25) is 0 Å². The molecule has 0 saturated carbocycles. The number of fused-ring (bicyclic) bond motifs is 1. The molecule has 33 heavy (non-hydrogen) atoms. The van der Waals surface area contributed by atoms with Gasteiger partial charge >= 0.3 is 0 Å². The van der Waals surface area contributed by atoms with Crippen LogP contribution in [0.5, 0.6) is 0 Å². The van der Waals surface area contributed by atoms with E-state index < -0.39 is 15.9 Å². The number of unbranched alkanes of at least 4 members (excludes halogenated alkanes) is 2. The summed E-state index contributed by atoms with van der Waals surface area (Å²) in [4.78, 5) is 27.8. The number of nitrogens with zero attached hydrogens (tertiary/aromatic N) is 2. The van der Waals surface area contributed by atoms with Crippen molar-refractivity contribution in [3.63, 3.8) is 0 Å². The molecule has 0 fully saturated rings. The van der Waals surface area contributed by atoms with Gasteiger partial charge in [-0.2, -0.15) is 5.10 Å². The standard InChI is InChI=1S/C24H30N4O4S/c1-4-6-9-16-28-24(30)21-11-8-7-10-20(21)22(26-28)23(29)25-27-33(31,32)19-14-12-18(13-15-19)17(3)5-2/h7-8,10-15,17,27H,4-6,9,16H2,1-3H3,(H,25,29). The van der Waals surface area contributed by atoms with Crippen LogP contribution in [-0.2, 0) is 16.6 Å². The highest BCUT2D eigenvalue weighted by molar-refractivity contribution is 7.89. The van der Waals surface area contributed by atoms with Gasteiger partial charge in [0.15, 0.2) is 5.69 Å². The molecule has 0 saturated heterocycles. The Morgan fingerprint density at radius 2 is 1.70 bits per heavy atom. The Bertz CT molecular complexity index is 1280. The third kappa shape index (κ3) is 5.66. The molecule has 0 aliphatic heterocycles. The van der Waals surface area contributed by atoms with Crippen molar-refractivity contribution in [3.05, 3.63) is 70.1 Å². The molecule has 1 amide bonds. The van der Waals surface area contributed by atoms with E-state index in [-0.39, 0.29) is 16.1 Å². The molecule has 0 aliphatic carbocycles. The summed E-state index contributed by atoms with van der Waals surface area (Å²) in [5.41, 5.74) is 2.99. The zero-order valence-electron chi connectivity index (χ0n) is 19.2. The van der Waals surface area contributed by atoms with Crippen LogP contribution in [0.4, 0.5) is 0 Å². The molecule has 0 aliphatic rings. The molecule has 9 heteroatoms. The van der Waals surface area contributed by atoms with Crippen LogP contribution in [-0.4, -0.2) is 24.1 Å². The molecule has 0 bridgehead atoms. The van der Waals surface area contributed by atoms with Crippen LogP contribution in [0.1, 0.15) is 68.4 Å². The van der Waals surface area contributed by atoms with Crippen molar-refractivity contribution < 1.29 is 13.2 Å². The molecule has 3 rings (SSSR count). The van der Waals surface area contributed by atoms with E-state index in [0.717, 1.165) is 31.2 Å². The van der Waals surface area contributed by atoms with Crippen molar-refractivity contribution in [2.24, 2.45) is 0 Å². The maximum atomic E-state index is 12.9. The van der Waals surface area contributed by atoms with Gasteiger partial charge < -0.3 is 0 Å². The number of hydrogen-bond donors (Lipinski definition) is 2. The Kier molecular flexibility index (Phi) is 7.99. The lowest BCUT2D eigenvalue weighted by Gasteiger charge is -2.13. The van der Waals surface area contributed by atoms with Gasteiger partial charge in [-0.05, 0) is 42.5 Å². The van der Waals surface area contributed by atoms with Crippen LogP contribution in [0.15, 0.2) is 58.2 Å². The van der Waals surface area contributed by atoms with Crippen molar-refractivity contribution in [2.75, 3.05) is 0 Å². The minimum atomic E-state index is -3.98. The molecule has 1 aromatic heterocycles. The summed E-state index contributed by atoms with van der Waals surface area (Å²) in [6.45, 7) is 6.57. The Labute approximate surface area is 194 Å². The third-order valence-electron chi connectivity index (χ3n) is 5.73. The van der Waals surface area contributed by atoms with E-state index in [4.69, 9.17) is 0 Å². The number of benzene rings is 2. The maximum Gasteiger partial charge on any atom is 0.287 e. The zero-order valence-corrected chi connectivity index (χ0v) is 20.0. The number of aromatic nitrogens is 2. The fourth-order valence-corrected chi connectivity index (χ4v) is 4.35. The number of nitrogens with one attached hydrogen (secondary N) is 2. The normalized spacial score (nSPS) is 12.6. The molecule has 1 unspecified atom stereocenters. The Morgan fingerprint density at radius 3 is 2.33 bits per heavy atom. The largest absolute Gasteiger partial charge is 0.287 e. The SMILES string of the molecule is CCCCCn1nc(C(=O)NNS(=O)(=O)c2ccc(C(C)CC)cc2)c2ccccc2c1=O. The molecular formula is C24H30N4O4S. The Hall–Kier alpha value is -3.04. The first kappa shape index (κ1) is 24.6. The summed E-state index contributed by atoms with van der Waals surface area (Å²) in [5.74, 6) is -0.419. The number of hydrogen-bond acceptors (Lipinski definition) is 5. The summed E-state index contributed by atoms with van der Waals surface area (Å²) in [6, 6.07) is 13.2. The Morgan fingerprint density at radius 1 is 1.03 bits per heavy atom. The minimum absolute atomic E-state index is 0.0171. The number of aryl methyl sites for hydroxylation is 1. The van der Waals surface area contributed by atoms with Gasteiger partial charge in [0.05, 0.1) is 10.3 Å². The smallest absolute Gasteiger partial charge is 0.272 e. The molecular weight excluding hydrogens is 440 g/mol. The Balaban J connectivity index is 1.84. The lowest BCUT2D eigenvalue weighted by atomic mass is 9.99. The highest BCUT2D eigenvalue weighted by Crippen LogP contribution is 2.20. The van der Waals surface area contributed by atoms with Crippen molar-refractivity contribution in [1.82, 2.24) is 20.0 Å². The fraction of sp³-hybridized carbons (Fsp3) is 0.375. The lowest BCUT2D eigenvalue weighted by Crippen LogP contribution is -2.42. The molecule has 3 aromatic rings. The first-order chi connectivity index (χ1) is 15.8. The molecule has 8 nitrogen and oxygen atoms in total. The highest BCUT2D eigenvalue weighted by atomic mass is 32.2. The summed E-state index contributed by atoms with van der Waals surface area (Å²) < 4.78 is 26.6. The average molecular weight is 471 g/mol.